The molecule has 2 heterocycles. The first-order chi connectivity index (χ1) is 10.1. The molecule has 1 saturated heterocycles. The first kappa shape index (κ1) is 15.8. The van der Waals surface area contributed by atoms with Crippen LogP contribution in [0.1, 0.15) is 29.7 Å². The molecule has 0 bridgehead atoms. The van der Waals surface area contributed by atoms with E-state index in [0.717, 1.165) is 30.4 Å². The zero-order valence-electron chi connectivity index (χ0n) is 12.8. The van der Waals surface area contributed by atoms with Gasteiger partial charge in [0.2, 0.25) is 5.91 Å². The monoisotopic (exact) mass is 309 g/mol. The maximum absolute atomic E-state index is 11.5. The van der Waals surface area contributed by atoms with Gasteiger partial charge in [0.05, 0.1) is 6.54 Å². The van der Waals surface area contributed by atoms with Crippen molar-refractivity contribution in [1.29, 1.82) is 0 Å². The highest BCUT2D eigenvalue weighted by Crippen LogP contribution is 2.13. The molecule has 1 aliphatic heterocycles. The van der Waals surface area contributed by atoms with Gasteiger partial charge >= 0.3 is 0 Å². The van der Waals surface area contributed by atoms with Crippen LogP contribution >= 0.6 is 11.3 Å². The second-order valence-electron chi connectivity index (χ2n) is 5.15. The number of aryl methyl sites for hydroxylation is 1. The lowest BCUT2D eigenvalue weighted by Crippen LogP contribution is -2.51. The molecule has 0 saturated carbocycles. The van der Waals surface area contributed by atoms with Crippen LogP contribution in [0.2, 0.25) is 0 Å². The molecule has 2 N–H and O–H groups in total. The minimum Gasteiger partial charge on any atom is -0.352 e. The standard InChI is InChI=1S/C14H23N5OS/c1-4-11-7-16-12(21-11)8-17-14(15-2)18-10-5-6-13(20)19(3)9-10/h7,10H,4-6,8-9H2,1-3H3,(H2,15,17,18). The van der Waals surface area contributed by atoms with Crippen LogP contribution in [0.3, 0.4) is 0 Å². The molecule has 1 amide bonds. The maximum atomic E-state index is 11.5. The number of aromatic nitrogens is 1. The van der Waals surface area contributed by atoms with Crippen molar-refractivity contribution in [2.24, 2.45) is 4.99 Å². The van der Waals surface area contributed by atoms with Gasteiger partial charge in [-0.15, -0.1) is 11.3 Å². The zero-order chi connectivity index (χ0) is 15.2. The molecule has 1 atom stereocenters. The lowest BCUT2D eigenvalue weighted by Gasteiger charge is -2.31. The normalized spacial score (nSPS) is 19.8. The summed E-state index contributed by atoms with van der Waals surface area (Å²) in [6.45, 7) is 3.52. The van der Waals surface area contributed by atoms with Crippen molar-refractivity contribution in [1.82, 2.24) is 20.5 Å². The van der Waals surface area contributed by atoms with E-state index in [1.165, 1.54) is 4.88 Å². The molecule has 0 spiro atoms. The minimum absolute atomic E-state index is 0.214. The number of thiazole rings is 1. The summed E-state index contributed by atoms with van der Waals surface area (Å²) < 4.78 is 0. The lowest BCUT2D eigenvalue weighted by molar-refractivity contribution is -0.132. The van der Waals surface area contributed by atoms with Crippen LogP contribution in [-0.2, 0) is 17.8 Å². The van der Waals surface area contributed by atoms with Crippen LogP contribution in [-0.4, -0.2) is 48.4 Å². The van der Waals surface area contributed by atoms with Gasteiger partial charge in [-0.3, -0.25) is 9.79 Å². The van der Waals surface area contributed by atoms with E-state index in [1.54, 1.807) is 23.3 Å². The number of nitrogens with one attached hydrogen (secondary N) is 2. The molecule has 0 aliphatic carbocycles. The topological polar surface area (TPSA) is 69.6 Å². The fourth-order valence-electron chi connectivity index (χ4n) is 2.27. The van der Waals surface area contributed by atoms with Crippen molar-refractivity contribution in [3.05, 3.63) is 16.1 Å². The number of hydrogen-bond donors (Lipinski definition) is 2. The summed E-state index contributed by atoms with van der Waals surface area (Å²) in [5.74, 6) is 0.974. The van der Waals surface area contributed by atoms with E-state index in [-0.39, 0.29) is 11.9 Å². The van der Waals surface area contributed by atoms with Crippen LogP contribution in [0.25, 0.3) is 0 Å². The van der Waals surface area contributed by atoms with Crippen LogP contribution in [0.5, 0.6) is 0 Å². The number of piperidine rings is 1. The second kappa shape index (κ2) is 7.40. The number of likely N-dealkylation sites (tertiary alicyclic amines) is 1. The number of guanidine groups is 1. The van der Waals surface area contributed by atoms with Crippen molar-refractivity contribution >= 4 is 23.2 Å². The molecule has 1 aromatic heterocycles. The molecular formula is C14H23N5OS. The van der Waals surface area contributed by atoms with Crippen LogP contribution < -0.4 is 10.6 Å². The van der Waals surface area contributed by atoms with E-state index in [1.807, 2.05) is 13.2 Å². The molecule has 0 aromatic carbocycles. The summed E-state index contributed by atoms with van der Waals surface area (Å²) in [4.78, 5) is 23.2. The third kappa shape index (κ3) is 4.42. The molecule has 1 unspecified atom stereocenters. The number of hydrogen-bond acceptors (Lipinski definition) is 4. The third-order valence-electron chi connectivity index (χ3n) is 3.55. The molecule has 1 aromatic rings. The van der Waals surface area contributed by atoms with Gasteiger partial charge in [0.1, 0.15) is 5.01 Å². The molecular weight excluding hydrogens is 286 g/mol. The number of carbonyl (C=O) groups is 1. The Kier molecular flexibility index (Phi) is 5.55. The quantitative estimate of drug-likeness (QED) is 0.643. The molecule has 1 aliphatic rings. The Bertz CT molecular complexity index is 513. The number of nitrogens with zero attached hydrogens (tertiary/aromatic N) is 3. The van der Waals surface area contributed by atoms with Gasteiger partial charge < -0.3 is 15.5 Å². The molecule has 0 radical (unpaired) electrons. The fourth-order valence-corrected chi connectivity index (χ4v) is 3.07. The van der Waals surface area contributed by atoms with Crippen molar-refractivity contribution in [3.63, 3.8) is 0 Å². The molecule has 21 heavy (non-hydrogen) atoms. The minimum atomic E-state index is 0.214. The van der Waals surface area contributed by atoms with E-state index < -0.39 is 0 Å². The maximum Gasteiger partial charge on any atom is 0.222 e. The highest BCUT2D eigenvalue weighted by atomic mass is 32.1. The summed E-state index contributed by atoms with van der Waals surface area (Å²) in [6.07, 6.45) is 4.39. The smallest absolute Gasteiger partial charge is 0.222 e. The number of rotatable bonds is 4. The highest BCUT2D eigenvalue weighted by Gasteiger charge is 2.23. The zero-order valence-corrected chi connectivity index (χ0v) is 13.7. The fraction of sp³-hybridized carbons (Fsp3) is 0.643. The molecule has 7 heteroatoms. The van der Waals surface area contributed by atoms with E-state index >= 15 is 0 Å². The summed E-state index contributed by atoms with van der Waals surface area (Å²) in [5.41, 5.74) is 0. The first-order valence-electron chi connectivity index (χ1n) is 7.27. The van der Waals surface area contributed by atoms with E-state index in [9.17, 15) is 4.79 Å². The molecule has 2 rings (SSSR count). The Morgan fingerprint density at radius 1 is 1.62 bits per heavy atom. The second-order valence-corrected chi connectivity index (χ2v) is 6.35. The third-order valence-corrected chi connectivity index (χ3v) is 4.69. The Morgan fingerprint density at radius 3 is 3.05 bits per heavy atom. The predicted molar refractivity (Wildman–Crippen MR) is 85.5 cm³/mol. The summed E-state index contributed by atoms with van der Waals surface area (Å²) >= 11 is 1.72. The molecule has 116 valence electrons. The first-order valence-corrected chi connectivity index (χ1v) is 8.08. The number of likely N-dealkylation sites (N-methyl/N-ethyl adjacent to an activating group) is 1. The number of amides is 1. The Morgan fingerprint density at radius 2 is 2.43 bits per heavy atom. The molecule has 6 nitrogen and oxygen atoms in total. The van der Waals surface area contributed by atoms with Crippen LogP contribution in [0, 0.1) is 0 Å². The van der Waals surface area contributed by atoms with Crippen LogP contribution in [0.15, 0.2) is 11.2 Å². The molecule has 1 fully saturated rings. The van der Waals surface area contributed by atoms with Gasteiger partial charge in [-0.1, -0.05) is 6.92 Å². The van der Waals surface area contributed by atoms with Crippen molar-refractivity contribution in [3.8, 4) is 0 Å². The van der Waals surface area contributed by atoms with Gasteiger partial charge in [-0.25, -0.2) is 4.98 Å². The van der Waals surface area contributed by atoms with Crippen LogP contribution in [0.4, 0.5) is 0 Å². The predicted octanol–water partition coefficient (Wildman–Crippen LogP) is 0.991. The largest absolute Gasteiger partial charge is 0.352 e. The van der Waals surface area contributed by atoms with Crippen molar-refractivity contribution < 1.29 is 4.79 Å². The van der Waals surface area contributed by atoms with E-state index in [4.69, 9.17) is 0 Å². The average Bonchev–Trinajstić information content (AvgIpc) is 2.95. The lowest BCUT2D eigenvalue weighted by atomic mass is 10.1. The van der Waals surface area contributed by atoms with E-state index in [0.29, 0.717) is 13.0 Å². The van der Waals surface area contributed by atoms with Gasteiger partial charge in [0.15, 0.2) is 5.96 Å². The van der Waals surface area contributed by atoms with Gasteiger partial charge in [-0.05, 0) is 12.8 Å². The SMILES string of the molecule is CCc1cnc(CNC(=NC)NC2CCC(=O)N(C)C2)s1. The number of aliphatic imine (C=N–C) groups is 1. The Labute approximate surface area is 129 Å². The van der Waals surface area contributed by atoms with Gasteiger partial charge in [0.25, 0.3) is 0 Å². The van der Waals surface area contributed by atoms with Gasteiger partial charge in [-0.2, -0.15) is 0 Å². The summed E-state index contributed by atoms with van der Waals surface area (Å²) in [5, 5.41) is 7.71. The average molecular weight is 309 g/mol. The van der Waals surface area contributed by atoms with E-state index in [2.05, 4.69) is 27.5 Å². The Balaban J connectivity index is 1.82. The summed E-state index contributed by atoms with van der Waals surface area (Å²) in [6, 6.07) is 0.251. The number of carbonyl (C=O) groups excluding carboxylic acids is 1. The van der Waals surface area contributed by atoms with Crippen molar-refractivity contribution in [2.45, 2.75) is 38.8 Å². The Hall–Kier alpha value is -1.63. The highest BCUT2D eigenvalue weighted by molar-refractivity contribution is 7.11. The summed E-state index contributed by atoms with van der Waals surface area (Å²) in [7, 11) is 3.60. The van der Waals surface area contributed by atoms with Gasteiger partial charge in [0, 0.05) is 44.2 Å². The van der Waals surface area contributed by atoms with Crippen molar-refractivity contribution in [2.75, 3.05) is 20.6 Å².